The smallest absolute Gasteiger partial charge is 0.335 e. The van der Waals surface area contributed by atoms with E-state index in [4.69, 9.17) is 5.11 Å². The van der Waals surface area contributed by atoms with Gasteiger partial charge < -0.3 is 10.4 Å². The number of aromatic carboxylic acids is 1. The summed E-state index contributed by atoms with van der Waals surface area (Å²) in [6.45, 7) is 0. The van der Waals surface area contributed by atoms with Crippen LogP contribution in [0.1, 0.15) is 10.4 Å². The molecule has 17 heavy (non-hydrogen) atoms. The Bertz CT molecular complexity index is 566. The van der Waals surface area contributed by atoms with Crippen LogP contribution in [0.3, 0.4) is 0 Å². The van der Waals surface area contributed by atoms with Gasteiger partial charge in [-0.1, -0.05) is 15.9 Å². The van der Waals surface area contributed by atoms with Crippen molar-refractivity contribution in [3.63, 3.8) is 0 Å². The molecule has 5 nitrogen and oxygen atoms in total. The molecule has 2 N–H and O–H groups in total. The lowest BCUT2D eigenvalue weighted by Crippen LogP contribution is -1.99. The number of aromatic nitrogens is 2. The van der Waals surface area contributed by atoms with E-state index in [0.29, 0.717) is 16.0 Å². The average Bonchev–Trinajstić information content (AvgIpc) is 2.63. The number of carboxylic acids is 1. The quantitative estimate of drug-likeness (QED) is 0.913. The summed E-state index contributed by atoms with van der Waals surface area (Å²) in [4.78, 5) is 10.9. The lowest BCUT2D eigenvalue weighted by molar-refractivity contribution is 0.0697. The lowest BCUT2D eigenvalue weighted by Gasteiger charge is -2.05. The van der Waals surface area contributed by atoms with E-state index < -0.39 is 5.97 Å². The van der Waals surface area contributed by atoms with Crippen LogP contribution in [0.5, 0.6) is 0 Å². The van der Waals surface area contributed by atoms with Crippen LogP contribution < -0.4 is 5.32 Å². The first-order valence-electron chi connectivity index (χ1n) is 4.85. The van der Waals surface area contributed by atoms with Gasteiger partial charge in [0.15, 0.2) is 5.82 Å². The zero-order valence-electron chi connectivity index (χ0n) is 9.01. The van der Waals surface area contributed by atoms with Gasteiger partial charge >= 0.3 is 5.97 Å². The number of nitrogens with one attached hydrogen (secondary N) is 1. The number of halogens is 1. The van der Waals surface area contributed by atoms with Crippen LogP contribution in [0.4, 0.5) is 11.5 Å². The fourth-order valence-electron chi connectivity index (χ4n) is 1.41. The third-order valence-electron chi connectivity index (χ3n) is 2.13. The van der Waals surface area contributed by atoms with E-state index in [9.17, 15) is 4.79 Å². The molecule has 0 fully saturated rings. The molecular weight excluding hydrogens is 286 g/mol. The van der Waals surface area contributed by atoms with E-state index >= 15 is 0 Å². The van der Waals surface area contributed by atoms with Gasteiger partial charge in [0.2, 0.25) is 0 Å². The Morgan fingerprint density at radius 2 is 2.24 bits per heavy atom. The number of nitrogens with zero attached hydrogens (tertiary/aromatic N) is 2. The maximum atomic E-state index is 10.9. The summed E-state index contributed by atoms with van der Waals surface area (Å²) >= 11 is 3.27. The van der Waals surface area contributed by atoms with Crippen molar-refractivity contribution in [2.45, 2.75) is 0 Å². The third kappa shape index (κ3) is 2.85. The van der Waals surface area contributed by atoms with Crippen molar-refractivity contribution in [3.8, 4) is 0 Å². The molecule has 0 bridgehead atoms. The number of hydrogen-bond donors (Lipinski definition) is 2. The molecule has 1 aromatic heterocycles. The predicted octanol–water partition coefficient (Wildman–Crippen LogP) is 2.62. The van der Waals surface area contributed by atoms with Crippen LogP contribution in [0, 0.1) is 0 Å². The minimum atomic E-state index is -0.963. The van der Waals surface area contributed by atoms with Crippen LogP contribution >= 0.6 is 15.9 Å². The monoisotopic (exact) mass is 295 g/mol. The zero-order valence-corrected chi connectivity index (χ0v) is 10.6. The van der Waals surface area contributed by atoms with Crippen molar-refractivity contribution >= 4 is 33.4 Å². The van der Waals surface area contributed by atoms with Crippen molar-refractivity contribution in [2.75, 3.05) is 5.32 Å². The lowest BCUT2D eigenvalue weighted by atomic mass is 10.2. The summed E-state index contributed by atoms with van der Waals surface area (Å²) in [5.74, 6) is -0.294. The van der Waals surface area contributed by atoms with Gasteiger partial charge in [-0.05, 0) is 18.2 Å². The molecule has 0 radical (unpaired) electrons. The van der Waals surface area contributed by atoms with Crippen LogP contribution in [0.25, 0.3) is 0 Å². The Hall–Kier alpha value is -1.82. The second kappa shape index (κ2) is 4.58. The van der Waals surface area contributed by atoms with E-state index in [-0.39, 0.29) is 5.56 Å². The first-order valence-corrected chi connectivity index (χ1v) is 5.64. The number of anilines is 2. The Balaban J connectivity index is 2.29. The Morgan fingerprint density at radius 3 is 2.82 bits per heavy atom. The number of aryl methyl sites for hydroxylation is 1. The number of benzene rings is 1. The van der Waals surface area contributed by atoms with Gasteiger partial charge in [0, 0.05) is 29.5 Å². The number of rotatable bonds is 3. The third-order valence-corrected chi connectivity index (χ3v) is 2.59. The topological polar surface area (TPSA) is 67.2 Å². The first-order chi connectivity index (χ1) is 8.04. The molecule has 0 amide bonds. The van der Waals surface area contributed by atoms with Crippen molar-refractivity contribution in [3.05, 3.63) is 40.5 Å². The summed E-state index contributed by atoms with van der Waals surface area (Å²) in [5, 5.41) is 16.1. The molecule has 0 aliphatic rings. The predicted molar refractivity (Wildman–Crippen MR) is 67.6 cm³/mol. The summed E-state index contributed by atoms with van der Waals surface area (Å²) in [5.41, 5.74) is 0.897. The Labute approximate surface area is 106 Å². The summed E-state index contributed by atoms with van der Waals surface area (Å²) < 4.78 is 2.37. The molecule has 88 valence electrons. The minimum Gasteiger partial charge on any atom is -0.478 e. The van der Waals surface area contributed by atoms with Crippen molar-refractivity contribution in [2.24, 2.45) is 7.05 Å². The highest BCUT2D eigenvalue weighted by molar-refractivity contribution is 9.10. The molecule has 0 aliphatic heterocycles. The molecule has 0 saturated heterocycles. The van der Waals surface area contributed by atoms with Crippen molar-refractivity contribution in [1.82, 2.24) is 9.78 Å². The Kier molecular flexibility index (Phi) is 3.14. The van der Waals surface area contributed by atoms with Gasteiger partial charge in [-0.3, -0.25) is 4.68 Å². The molecule has 0 saturated carbocycles. The number of carbonyl (C=O) groups is 1. The van der Waals surface area contributed by atoms with E-state index in [1.165, 1.54) is 0 Å². The number of carboxylic acid groups (broad SMARTS) is 1. The summed E-state index contributed by atoms with van der Waals surface area (Å²) in [7, 11) is 1.81. The average molecular weight is 296 g/mol. The highest BCUT2D eigenvalue weighted by Crippen LogP contribution is 2.22. The van der Waals surface area contributed by atoms with E-state index in [1.807, 2.05) is 7.05 Å². The van der Waals surface area contributed by atoms with Gasteiger partial charge in [0.1, 0.15) is 0 Å². The molecule has 0 aliphatic carbocycles. The van der Waals surface area contributed by atoms with Crippen LogP contribution in [-0.4, -0.2) is 20.9 Å². The largest absolute Gasteiger partial charge is 0.478 e. The van der Waals surface area contributed by atoms with Crippen LogP contribution in [0.2, 0.25) is 0 Å². The minimum absolute atomic E-state index is 0.220. The molecule has 1 heterocycles. The van der Waals surface area contributed by atoms with Crippen molar-refractivity contribution < 1.29 is 9.90 Å². The molecule has 1 aromatic carbocycles. The first kappa shape index (κ1) is 11.7. The molecule has 0 unspecified atom stereocenters. The summed E-state index contributed by atoms with van der Waals surface area (Å²) in [6, 6.07) is 6.70. The number of hydrogen-bond acceptors (Lipinski definition) is 3. The van der Waals surface area contributed by atoms with Crippen LogP contribution in [-0.2, 0) is 7.05 Å². The zero-order chi connectivity index (χ0) is 12.4. The molecule has 2 aromatic rings. The van der Waals surface area contributed by atoms with Gasteiger partial charge in [-0.25, -0.2) is 4.79 Å². The molecule has 2 rings (SSSR count). The SMILES string of the molecule is Cn1ccc(Nc2cc(Br)cc(C(=O)O)c2)n1. The molecule has 0 spiro atoms. The highest BCUT2D eigenvalue weighted by Gasteiger charge is 2.06. The van der Waals surface area contributed by atoms with Crippen LogP contribution in [0.15, 0.2) is 34.9 Å². The normalized spacial score (nSPS) is 10.2. The maximum absolute atomic E-state index is 10.9. The maximum Gasteiger partial charge on any atom is 0.335 e. The van der Waals surface area contributed by atoms with Gasteiger partial charge in [0.25, 0.3) is 0 Å². The van der Waals surface area contributed by atoms with E-state index in [1.54, 1.807) is 35.1 Å². The van der Waals surface area contributed by atoms with Gasteiger partial charge in [-0.2, -0.15) is 5.10 Å². The fraction of sp³-hybridized carbons (Fsp3) is 0.0909. The Morgan fingerprint density at radius 1 is 1.47 bits per heavy atom. The van der Waals surface area contributed by atoms with Gasteiger partial charge in [0.05, 0.1) is 5.56 Å². The molecular formula is C11H10BrN3O2. The summed E-state index contributed by atoms with van der Waals surface area (Å²) in [6.07, 6.45) is 1.80. The highest BCUT2D eigenvalue weighted by atomic mass is 79.9. The second-order valence-corrected chi connectivity index (χ2v) is 4.45. The van der Waals surface area contributed by atoms with Gasteiger partial charge in [-0.15, -0.1) is 0 Å². The second-order valence-electron chi connectivity index (χ2n) is 3.53. The van der Waals surface area contributed by atoms with Crippen molar-refractivity contribution in [1.29, 1.82) is 0 Å². The van der Waals surface area contributed by atoms with E-state index in [2.05, 4.69) is 26.3 Å². The molecule has 6 heteroatoms. The standard InChI is InChI=1S/C11H10BrN3O2/c1-15-3-2-10(14-15)13-9-5-7(11(16)17)4-8(12)6-9/h2-6H,1H3,(H,13,14)(H,16,17). The fourth-order valence-corrected chi connectivity index (χ4v) is 1.91. The molecule has 0 atom stereocenters. The van der Waals surface area contributed by atoms with E-state index in [0.717, 1.165) is 0 Å².